The fraction of sp³-hybridized carbons (Fsp3) is 0.500. The number of H-pyrrole nitrogens is 1. The second kappa shape index (κ2) is 6.05. The van der Waals surface area contributed by atoms with Gasteiger partial charge in [-0.05, 0) is 37.4 Å². The molecule has 0 fully saturated rings. The number of aromatic amines is 1. The van der Waals surface area contributed by atoms with Gasteiger partial charge in [-0.2, -0.15) is 0 Å². The molecule has 1 heterocycles. The van der Waals surface area contributed by atoms with Crippen LogP contribution < -0.4 is 5.32 Å². The van der Waals surface area contributed by atoms with Gasteiger partial charge in [0.2, 0.25) is 0 Å². The molecule has 0 aliphatic rings. The average molecular weight is 244 g/mol. The summed E-state index contributed by atoms with van der Waals surface area (Å²) in [7, 11) is 0. The van der Waals surface area contributed by atoms with E-state index in [9.17, 15) is 0 Å². The average Bonchev–Trinajstić information content (AvgIpc) is 2.79. The van der Waals surface area contributed by atoms with E-state index in [2.05, 4.69) is 55.3 Å². The predicted molar refractivity (Wildman–Crippen MR) is 79.0 cm³/mol. The van der Waals surface area contributed by atoms with Gasteiger partial charge in [-0.3, -0.25) is 0 Å². The standard InChI is InChI=1S/C16H24N2/c1-4-11-17-13(5-2)16-12-9-7-8-10-15(12)18-14(16)6-3/h7-10,13,17-18H,4-6,11H2,1-3H3. The summed E-state index contributed by atoms with van der Waals surface area (Å²) in [5, 5.41) is 5.05. The maximum atomic E-state index is 3.67. The van der Waals surface area contributed by atoms with Gasteiger partial charge < -0.3 is 10.3 Å². The van der Waals surface area contributed by atoms with E-state index in [1.807, 2.05) is 0 Å². The zero-order valence-electron chi connectivity index (χ0n) is 11.7. The number of para-hydroxylation sites is 1. The summed E-state index contributed by atoms with van der Waals surface area (Å²) in [4.78, 5) is 3.57. The zero-order valence-corrected chi connectivity index (χ0v) is 11.7. The number of aromatic nitrogens is 1. The van der Waals surface area contributed by atoms with Crippen LogP contribution in [0.3, 0.4) is 0 Å². The minimum Gasteiger partial charge on any atom is -0.358 e. The fourth-order valence-corrected chi connectivity index (χ4v) is 2.67. The van der Waals surface area contributed by atoms with Gasteiger partial charge in [0, 0.05) is 22.6 Å². The van der Waals surface area contributed by atoms with Crippen LogP contribution in [0.25, 0.3) is 10.9 Å². The maximum Gasteiger partial charge on any atom is 0.0459 e. The SMILES string of the molecule is CCCNC(CC)c1c(CC)[nH]c2ccccc12. The Morgan fingerprint density at radius 1 is 1.17 bits per heavy atom. The Morgan fingerprint density at radius 3 is 2.61 bits per heavy atom. The van der Waals surface area contributed by atoms with E-state index in [0.29, 0.717) is 6.04 Å². The van der Waals surface area contributed by atoms with Crippen LogP contribution in [0.15, 0.2) is 24.3 Å². The smallest absolute Gasteiger partial charge is 0.0459 e. The van der Waals surface area contributed by atoms with Crippen LogP contribution in [-0.2, 0) is 6.42 Å². The summed E-state index contributed by atoms with van der Waals surface area (Å²) in [5.41, 5.74) is 4.12. The lowest BCUT2D eigenvalue weighted by Crippen LogP contribution is -2.22. The Labute approximate surface area is 110 Å². The van der Waals surface area contributed by atoms with E-state index in [4.69, 9.17) is 0 Å². The summed E-state index contributed by atoms with van der Waals surface area (Å²) in [6, 6.07) is 9.10. The third kappa shape index (κ3) is 2.44. The molecule has 0 spiro atoms. The molecule has 18 heavy (non-hydrogen) atoms. The minimum atomic E-state index is 0.469. The molecule has 0 aliphatic heterocycles. The molecule has 1 aromatic heterocycles. The van der Waals surface area contributed by atoms with Crippen molar-refractivity contribution in [3.05, 3.63) is 35.5 Å². The van der Waals surface area contributed by atoms with Crippen molar-refractivity contribution in [1.82, 2.24) is 10.3 Å². The molecule has 2 aromatic rings. The highest BCUT2D eigenvalue weighted by atomic mass is 14.9. The van der Waals surface area contributed by atoms with Crippen molar-refractivity contribution in [2.24, 2.45) is 0 Å². The highest BCUT2D eigenvalue weighted by molar-refractivity contribution is 5.85. The molecule has 2 nitrogen and oxygen atoms in total. The lowest BCUT2D eigenvalue weighted by Gasteiger charge is -2.18. The second-order valence-electron chi connectivity index (χ2n) is 4.83. The predicted octanol–water partition coefficient (Wildman–Crippen LogP) is 4.18. The first-order valence-electron chi connectivity index (χ1n) is 7.14. The Kier molecular flexibility index (Phi) is 4.43. The quantitative estimate of drug-likeness (QED) is 0.784. The number of hydrogen-bond donors (Lipinski definition) is 2. The van der Waals surface area contributed by atoms with Gasteiger partial charge in [0.1, 0.15) is 0 Å². The summed E-state index contributed by atoms with van der Waals surface area (Å²) < 4.78 is 0. The van der Waals surface area contributed by atoms with Crippen LogP contribution in [0.5, 0.6) is 0 Å². The Morgan fingerprint density at radius 2 is 1.94 bits per heavy atom. The summed E-state index contributed by atoms with van der Waals surface area (Å²) in [5.74, 6) is 0. The molecule has 0 aliphatic carbocycles. The molecular weight excluding hydrogens is 220 g/mol. The van der Waals surface area contributed by atoms with Crippen LogP contribution in [0.4, 0.5) is 0 Å². The van der Waals surface area contributed by atoms with Crippen molar-refractivity contribution >= 4 is 10.9 Å². The van der Waals surface area contributed by atoms with Gasteiger partial charge in [0.25, 0.3) is 0 Å². The molecule has 1 atom stereocenters. The van der Waals surface area contributed by atoms with E-state index < -0.39 is 0 Å². The van der Waals surface area contributed by atoms with Gasteiger partial charge >= 0.3 is 0 Å². The molecule has 0 radical (unpaired) electrons. The van der Waals surface area contributed by atoms with Gasteiger partial charge in [-0.15, -0.1) is 0 Å². The Bertz CT molecular complexity index is 499. The van der Waals surface area contributed by atoms with E-state index >= 15 is 0 Å². The molecule has 0 saturated carbocycles. The zero-order chi connectivity index (χ0) is 13.0. The number of nitrogens with one attached hydrogen (secondary N) is 2. The van der Waals surface area contributed by atoms with Gasteiger partial charge in [-0.1, -0.05) is 39.0 Å². The lowest BCUT2D eigenvalue weighted by atomic mass is 9.99. The molecule has 2 N–H and O–H groups in total. The molecule has 0 amide bonds. The topological polar surface area (TPSA) is 27.8 Å². The molecule has 1 unspecified atom stereocenters. The first-order valence-corrected chi connectivity index (χ1v) is 7.14. The maximum absolute atomic E-state index is 3.67. The van der Waals surface area contributed by atoms with Crippen molar-refractivity contribution in [2.45, 2.75) is 46.1 Å². The lowest BCUT2D eigenvalue weighted by molar-refractivity contribution is 0.518. The van der Waals surface area contributed by atoms with E-state index in [1.54, 1.807) is 0 Å². The number of benzene rings is 1. The van der Waals surface area contributed by atoms with Gasteiger partial charge in [0.15, 0.2) is 0 Å². The third-order valence-electron chi connectivity index (χ3n) is 3.58. The van der Waals surface area contributed by atoms with Crippen molar-refractivity contribution in [2.75, 3.05) is 6.54 Å². The molecule has 2 rings (SSSR count). The molecule has 98 valence electrons. The second-order valence-corrected chi connectivity index (χ2v) is 4.83. The van der Waals surface area contributed by atoms with E-state index in [0.717, 1.165) is 19.4 Å². The molecule has 2 heteroatoms. The van der Waals surface area contributed by atoms with Crippen molar-refractivity contribution < 1.29 is 0 Å². The third-order valence-corrected chi connectivity index (χ3v) is 3.58. The van der Waals surface area contributed by atoms with Gasteiger partial charge in [0.05, 0.1) is 0 Å². The first-order chi connectivity index (χ1) is 8.81. The van der Waals surface area contributed by atoms with Crippen molar-refractivity contribution in [3.8, 4) is 0 Å². The van der Waals surface area contributed by atoms with E-state index in [1.165, 1.54) is 28.6 Å². The van der Waals surface area contributed by atoms with Crippen molar-refractivity contribution in [1.29, 1.82) is 0 Å². The minimum absolute atomic E-state index is 0.469. The number of fused-ring (bicyclic) bond motifs is 1. The van der Waals surface area contributed by atoms with Crippen LogP contribution in [0.1, 0.15) is 50.9 Å². The number of hydrogen-bond acceptors (Lipinski definition) is 1. The number of rotatable bonds is 6. The fourth-order valence-electron chi connectivity index (χ4n) is 2.67. The molecule has 0 bridgehead atoms. The number of aryl methyl sites for hydroxylation is 1. The normalized spacial score (nSPS) is 13.1. The highest BCUT2D eigenvalue weighted by Crippen LogP contribution is 2.30. The van der Waals surface area contributed by atoms with Crippen LogP contribution in [0, 0.1) is 0 Å². The Hall–Kier alpha value is -1.28. The van der Waals surface area contributed by atoms with Crippen LogP contribution >= 0.6 is 0 Å². The monoisotopic (exact) mass is 244 g/mol. The molecule has 0 saturated heterocycles. The van der Waals surface area contributed by atoms with E-state index in [-0.39, 0.29) is 0 Å². The highest BCUT2D eigenvalue weighted by Gasteiger charge is 2.17. The van der Waals surface area contributed by atoms with Crippen LogP contribution in [-0.4, -0.2) is 11.5 Å². The van der Waals surface area contributed by atoms with Crippen LogP contribution in [0.2, 0.25) is 0 Å². The molecule has 1 aromatic carbocycles. The Balaban J connectivity index is 2.45. The largest absolute Gasteiger partial charge is 0.358 e. The summed E-state index contributed by atoms with van der Waals surface area (Å²) in [6.45, 7) is 7.78. The molecular formula is C16H24N2. The van der Waals surface area contributed by atoms with Gasteiger partial charge in [-0.25, -0.2) is 0 Å². The van der Waals surface area contributed by atoms with Crippen molar-refractivity contribution in [3.63, 3.8) is 0 Å². The summed E-state index contributed by atoms with van der Waals surface area (Å²) >= 11 is 0. The summed E-state index contributed by atoms with van der Waals surface area (Å²) in [6.07, 6.45) is 3.38. The first kappa shape index (κ1) is 13.2.